The summed E-state index contributed by atoms with van der Waals surface area (Å²) in [6.07, 6.45) is 3.70. The van der Waals surface area contributed by atoms with Crippen molar-refractivity contribution in [3.63, 3.8) is 0 Å². The first-order chi connectivity index (χ1) is 3.31. The zero-order valence-electron chi connectivity index (χ0n) is 4.86. The lowest BCUT2D eigenvalue weighted by Crippen LogP contribution is -1.92. The van der Waals surface area contributed by atoms with Crippen molar-refractivity contribution in [3.05, 3.63) is 24.4 Å². The number of allylic oxidation sites excluding steroid dienone is 2. The summed E-state index contributed by atoms with van der Waals surface area (Å²) in [6, 6.07) is 0. The Morgan fingerprint density at radius 1 is 1.71 bits per heavy atom. The van der Waals surface area contributed by atoms with Crippen molar-refractivity contribution >= 4 is 0 Å². The molecule has 0 fully saturated rings. The van der Waals surface area contributed by atoms with E-state index in [9.17, 15) is 0 Å². The van der Waals surface area contributed by atoms with Crippen LogP contribution in [0.4, 0.5) is 0 Å². The number of nitrogens with one attached hydrogen (secondary N) is 1. The van der Waals surface area contributed by atoms with Crippen LogP contribution in [-0.4, -0.2) is 7.05 Å². The fraction of sp³-hybridized carbons (Fsp3) is 0.333. The molecule has 0 radical (unpaired) electrons. The molecule has 1 nitrogen and oxygen atoms in total. The molecule has 0 spiro atoms. The van der Waals surface area contributed by atoms with Crippen molar-refractivity contribution in [2.45, 2.75) is 6.92 Å². The smallest absolute Gasteiger partial charge is 0.00277 e. The molecule has 0 aliphatic heterocycles. The maximum atomic E-state index is 3.57. The second-order valence-electron chi connectivity index (χ2n) is 1.38. The molecule has 0 unspecified atom stereocenters. The summed E-state index contributed by atoms with van der Waals surface area (Å²) in [4.78, 5) is 0. The highest BCUT2D eigenvalue weighted by Crippen LogP contribution is 1.86. The first-order valence-corrected chi connectivity index (χ1v) is 2.27. The van der Waals surface area contributed by atoms with Gasteiger partial charge in [0.15, 0.2) is 0 Å². The molecule has 0 aromatic heterocycles. The van der Waals surface area contributed by atoms with Crippen LogP contribution in [0.5, 0.6) is 0 Å². The van der Waals surface area contributed by atoms with Crippen LogP contribution in [0.25, 0.3) is 0 Å². The minimum Gasteiger partial charge on any atom is -0.394 e. The molecule has 0 aromatic carbocycles. The molecule has 1 N–H and O–H groups in total. The van der Waals surface area contributed by atoms with E-state index in [-0.39, 0.29) is 0 Å². The van der Waals surface area contributed by atoms with E-state index in [1.807, 2.05) is 20.2 Å². The van der Waals surface area contributed by atoms with E-state index in [4.69, 9.17) is 0 Å². The Morgan fingerprint density at radius 2 is 2.29 bits per heavy atom. The lowest BCUT2D eigenvalue weighted by atomic mass is 10.3. The van der Waals surface area contributed by atoms with Gasteiger partial charge < -0.3 is 5.32 Å². The molecule has 0 bridgehead atoms. The first-order valence-electron chi connectivity index (χ1n) is 2.27. The number of hydrogen-bond donors (Lipinski definition) is 1. The molecule has 1 heteroatoms. The molecule has 0 rings (SSSR count). The van der Waals surface area contributed by atoms with Gasteiger partial charge in [0.2, 0.25) is 0 Å². The second-order valence-corrected chi connectivity index (χ2v) is 1.38. The van der Waals surface area contributed by atoms with Gasteiger partial charge >= 0.3 is 0 Å². The molecule has 0 aliphatic rings. The molecule has 0 aromatic rings. The molecular formula is C6H11N. The Balaban J connectivity index is 3.49. The Labute approximate surface area is 44.7 Å². The fourth-order valence-electron chi connectivity index (χ4n) is 0.287. The van der Waals surface area contributed by atoms with Crippen LogP contribution >= 0.6 is 0 Å². The highest BCUT2D eigenvalue weighted by molar-refractivity contribution is 5.10. The standard InChI is InChI=1S/C6H11N/c1-4-6(2)5-7-3/h4-5,7H,1H2,2-3H3. The van der Waals surface area contributed by atoms with Gasteiger partial charge in [-0.05, 0) is 18.7 Å². The first kappa shape index (κ1) is 6.28. The van der Waals surface area contributed by atoms with E-state index < -0.39 is 0 Å². The normalized spacial score (nSPS) is 10.9. The van der Waals surface area contributed by atoms with Crippen LogP contribution in [0.1, 0.15) is 6.92 Å². The van der Waals surface area contributed by atoms with Crippen LogP contribution < -0.4 is 5.32 Å². The topological polar surface area (TPSA) is 12.0 Å². The molecule has 0 amide bonds. The third-order valence-electron chi connectivity index (χ3n) is 0.694. The minimum absolute atomic E-state index is 1.16. The predicted molar refractivity (Wildman–Crippen MR) is 33.0 cm³/mol. The van der Waals surface area contributed by atoms with Crippen molar-refractivity contribution in [2.75, 3.05) is 7.05 Å². The molecule has 40 valence electrons. The van der Waals surface area contributed by atoms with Crippen LogP contribution in [0.15, 0.2) is 24.4 Å². The predicted octanol–water partition coefficient (Wildman–Crippen LogP) is 1.30. The summed E-state index contributed by atoms with van der Waals surface area (Å²) in [5.41, 5.74) is 1.16. The summed E-state index contributed by atoms with van der Waals surface area (Å²) < 4.78 is 0. The van der Waals surface area contributed by atoms with Gasteiger partial charge in [0.05, 0.1) is 0 Å². The zero-order valence-corrected chi connectivity index (χ0v) is 4.86. The summed E-state index contributed by atoms with van der Waals surface area (Å²) in [5.74, 6) is 0. The van der Waals surface area contributed by atoms with Gasteiger partial charge in [-0.25, -0.2) is 0 Å². The Hall–Kier alpha value is -0.720. The van der Waals surface area contributed by atoms with Crippen molar-refractivity contribution in [1.82, 2.24) is 5.32 Å². The molecule has 7 heavy (non-hydrogen) atoms. The number of hydrogen-bond acceptors (Lipinski definition) is 1. The average Bonchev–Trinajstić information content (AvgIpc) is 1.68. The third kappa shape index (κ3) is 3.10. The van der Waals surface area contributed by atoms with E-state index in [0.29, 0.717) is 0 Å². The molecule has 0 heterocycles. The lowest BCUT2D eigenvalue weighted by Gasteiger charge is -1.87. The van der Waals surface area contributed by atoms with E-state index in [1.165, 1.54) is 0 Å². The molecule has 0 aliphatic carbocycles. The summed E-state index contributed by atoms with van der Waals surface area (Å²) in [5, 5.41) is 2.89. The SMILES string of the molecule is C=CC(C)=CNC. The van der Waals surface area contributed by atoms with Gasteiger partial charge in [-0.3, -0.25) is 0 Å². The van der Waals surface area contributed by atoms with E-state index in [0.717, 1.165) is 5.57 Å². The lowest BCUT2D eigenvalue weighted by molar-refractivity contribution is 1.08. The molecular weight excluding hydrogens is 86.1 g/mol. The van der Waals surface area contributed by atoms with Crippen LogP contribution in [-0.2, 0) is 0 Å². The van der Waals surface area contributed by atoms with Gasteiger partial charge in [-0.15, -0.1) is 0 Å². The van der Waals surface area contributed by atoms with E-state index >= 15 is 0 Å². The molecule has 0 saturated heterocycles. The minimum atomic E-state index is 1.16. The van der Waals surface area contributed by atoms with Crippen LogP contribution in [0.3, 0.4) is 0 Å². The quantitative estimate of drug-likeness (QED) is 0.512. The van der Waals surface area contributed by atoms with Gasteiger partial charge in [0, 0.05) is 7.05 Å². The second kappa shape index (κ2) is 3.47. The summed E-state index contributed by atoms with van der Waals surface area (Å²) >= 11 is 0. The maximum Gasteiger partial charge on any atom is 0.00277 e. The maximum absolute atomic E-state index is 3.57. The Bertz CT molecular complexity index is 82.2. The van der Waals surface area contributed by atoms with E-state index in [1.54, 1.807) is 6.08 Å². The van der Waals surface area contributed by atoms with Gasteiger partial charge in [-0.1, -0.05) is 12.7 Å². The monoisotopic (exact) mass is 97.1 g/mol. The van der Waals surface area contributed by atoms with Crippen molar-refractivity contribution in [3.8, 4) is 0 Å². The zero-order chi connectivity index (χ0) is 5.70. The highest BCUT2D eigenvalue weighted by Gasteiger charge is 1.70. The molecule has 0 saturated carbocycles. The highest BCUT2D eigenvalue weighted by atomic mass is 14.8. The van der Waals surface area contributed by atoms with Crippen molar-refractivity contribution in [2.24, 2.45) is 0 Å². The third-order valence-corrected chi connectivity index (χ3v) is 0.694. The fourth-order valence-corrected chi connectivity index (χ4v) is 0.287. The molecule has 0 atom stereocenters. The van der Waals surface area contributed by atoms with Crippen molar-refractivity contribution in [1.29, 1.82) is 0 Å². The van der Waals surface area contributed by atoms with Crippen LogP contribution in [0, 0.1) is 0 Å². The average molecular weight is 97.2 g/mol. The van der Waals surface area contributed by atoms with Gasteiger partial charge in [0.25, 0.3) is 0 Å². The summed E-state index contributed by atoms with van der Waals surface area (Å²) in [7, 11) is 1.87. The Morgan fingerprint density at radius 3 is 2.43 bits per heavy atom. The van der Waals surface area contributed by atoms with E-state index in [2.05, 4.69) is 11.9 Å². The van der Waals surface area contributed by atoms with Gasteiger partial charge in [-0.2, -0.15) is 0 Å². The van der Waals surface area contributed by atoms with Gasteiger partial charge in [0.1, 0.15) is 0 Å². The Kier molecular flexibility index (Phi) is 3.11. The summed E-state index contributed by atoms with van der Waals surface area (Å²) in [6.45, 7) is 5.56. The van der Waals surface area contributed by atoms with Crippen molar-refractivity contribution < 1.29 is 0 Å². The van der Waals surface area contributed by atoms with Crippen LogP contribution in [0.2, 0.25) is 0 Å². The number of rotatable bonds is 2. The largest absolute Gasteiger partial charge is 0.394 e.